The van der Waals surface area contributed by atoms with Gasteiger partial charge in [0.05, 0.1) is 0 Å². The second-order valence-corrected chi connectivity index (χ2v) is 6.59. The predicted octanol–water partition coefficient (Wildman–Crippen LogP) is 4.73. The summed E-state index contributed by atoms with van der Waals surface area (Å²) in [5.41, 5.74) is 3.56. The van der Waals surface area contributed by atoms with Crippen molar-refractivity contribution in [3.05, 3.63) is 57.0 Å². The van der Waals surface area contributed by atoms with Crippen molar-refractivity contribution in [2.45, 2.75) is 26.8 Å². The number of thiophene rings is 1. The molecule has 0 aliphatic heterocycles. The van der Waals surface area contributed by atoms with Gasteiger partial charge < -0.3 is 9.73 Å². The van der Waals surface area contributed by atoms with E-state index in [2.05, 4.69) is 50.4 Å². The fraction of sp³-hybridized carbons (Fsp3) is 0.294. The van der Waals surface area contributed by atoms with Crippen LogP contribution in [-0.2, 0) is 0 Å². The third-order valence-electron chi connectivity index (χ3n) is 3.73. The molecule has 1 atom stereocenters. The van der Waals surface area contributed by atoms with Crippen molar-refractivity contribution >= 4 is 22.3 Å². The van der Waals surface area contributed by atoms with Crippen LogP contribution in [0.25, 0.3) is 11.0 Å². The van der Waals surface area contributed by atoms with E-state index >= 15 is 0 Å². The highest BCUT2D eigenvalue weighted by atomic mass is 32.1. The van der Waals surface area contributed by atoms with Crippen molar-refractivity contribution in [3.8, 4) is 0 Å². The molecule has 0 radical (unpaired) electrons. The number of benzene rings is 1. The van der Waals surface area contributed by atoms with Crippen LogP contribution in [0.5, 0.6) is 0 Å². The molecule has 20 heavy (non-hydrogen) atoms. The van der Waals surface area contributed by atoms with Crippen LogP contribution in [0.4, 0.5) is 0 Å². The molecule has 3 heteroatoms. The molecule has 0 saturated heterocycles. The molecular weight excluding hydrogens is 266 g/mol. The van der Waals surface area contributed by atoms with Crippen molar-refractivity contribution in [1.82, 2.24) is 5.32 Å². The van der Waals surface area contributed by atoms with Gasteiger partial charge in [-0.3, -0.25) is 0 Å². The Morgan fingerprint density at radius 2 is 1.90 bits per heavy atom. The Morgan fingerprint density at radius 1 is 1.10 bits per heavy atom. The first-order valence-electron chi connectivity index (χ1n) is 6.83. The van der Waals surface area contributed by atoms with Crippen molar-refractivity contribution in [2.75, 3.05) is 7.05 Å². The molecule has 0 fully saturated rings. The van der Waals surface area contributed by atoms with E-state index in [1.165, 1.54) is 26.3 Å². The Hall–Kier alpha value is -1.58. The fourth-order valence-electron chi connectivity index (χ4n) is 2.49. The zero-order valence-electron chi connectivity index (χ0n) is 12.3. The molecule has 1 aromatic carbocycles. The summed E-state index contributed by atoms with van der Waals surface area (Å²) in [5, 5.41) is 4.54. The number of hydrogen-bond donors (Lipinski definition) is 1. The smallest absolute Gasteiger partial charge is 0.134 e. The quantitative estimate of drug-likeness (QED) is 0.752. The van der Waals surface area contributed by atoms with Crippen LogP contribution < -0.4 is 5.32 Å². The monoisotopic (exact) mass is 285 g/mol. The van der Waals surface area contributed by atoms with Crippen LogP contribution in [0.15, 0.2) is 34.7 Å². The normalized spacial score (nSPS) is 13.0. The van der Waals surface area contributed by atoms with E-state index in [1.54, 1.807) is 0 Å². The van der Waals surface area contributed by atoms with Gasteiger partial charge in [0, 0.05) is 15.1 Å². The molecule has 2 heterocycles. The highest BCUT2D eigenvalue weighted by Gasteiger charge is 2.19. The molecule has 104 valence electrons. The summed E-state index contributed by atoms with van der Waals surface area (Å²) < 4.78 is 6.02. The third kappa shape index (κ3) is 2.28. The van der Waals surface area contributed by atoms with E-state index in [0.717, 1.165) is 11.3 Å². The van der Waals surface area contributed by atoms with Gasteiger partial charge in [-0.2, -0.15) is 0 Å². The van der Waals surface area contributed by atoms with Gasteiger partial charge >= 0.3 is 0 Å². The zero-order valence-corrected chi connectivity index (χ0v) is 13.1. The number of fused-ring (bicyclic) bond motifs is 1. The van der Waals surface area contributed by atoms with E-state index in [1.807, 2.05) is 24.5 Å². The summed E-state index contributed by atoms with van der Waals surface area (Å²) in [5.74, 6) is 0.981. The Morgan fingerprint density at radius 3 is 2.55 bits per heavy atom. The maximum Gasteiger partial charge on any atom is 0.134 e. The lowest BCUT2D eigenvalue weighted by Crippen LogP contribution is -2.15. The molecule has 0 bridgehead atoms. The number of hydrogen-bond acceptors (Lipinski definition) is 3. The Labute approximate surface area is 123 Å². The van der Waals surface area contributed by atoms with E-state index in [0.29, 0.717) is 0 Å². The minimum Gasteiger partial charge on any atom is -0.459 e. The van der Waals surface area contributed by atoms with Gasteiger partial charge in [-0.15, -0.1) is 11.3 Å². The van der Waals surface area contributed by atoms with Gasteiger partial charge in [-0.05, 0) is 57.6 Å². The molecule has 2 aromatic heterocycles. The van der Waals surface area contributed by atoms with Gasteiger partial charge in [0.15, 0.2) is 0 Å². The molecule has 0 saturated carbocycles. The van der Waals surface area contributed by atoms with Gasteiger partial charge in [0.1, 0.15) is 17.4 Å². The van der Waals surface area contributed by atoms with Crippen molar-refractivity contribution in [3.63, 3.8) is 0 Å². The van der Waals surface area contributed by atoms with Crippen LogP contribution in [0.3, 0.4) is 0 Å². The average molecular weight is 285 g/mol. The topological polar surface area (TPSA) is 25.2 Å². The molecule has 3 rings (SSSR count). The lowest BCUT2D eigenvalue weighted by Gasteiger charge is -2.11. The summed E-state index contributed by atoms with van der Waals surface area (Å²) >= 11 is 1.83. The first kappa shape index (κ1) is 13.4. The van der Waals surface area contributed by atoms with Crippen molar-refractivity contribution in [2.24, 2.45) is 0 Å². The minimum absolute atomic E-state index is 0.125. The number of aryl methyl sites for hydroxylation is 3. The summed E-state index contributed by atoms with van der Waals surface area (Å²) in [7, 11) is 1.98. The average Bonchev–Trinajstić information content (AvgIpc) is 2.95. The standard InChI is InChI=1S/C17H19NOS/c1-10-5-6-14-13(7-10)9-15(19-14)17(18-4)16-8-11(2)12(3)20-16/h5-9,17-18H,1-4H3. The van der Waals surface area contributed by atoms with Gasteiger partial charge in [0.25, 0.3) is 0 Å². The molecule has 0 spiro atoms. The van der Waals surface area contributed by atoms with Crippen LogP contribution in [-0.4, -0.2) is 7.05 Å². The number of furan rings is 1. The Kier molecular flexibility index (Phi) is 3.40. The SMILES string of the molecule is CNC(c1cc2cc(C)ccc2o1)c1cc(C)c(C)s1. The molecular formula is C17H19NOS. The van der Waals surface area contributed by atoms with Crippen LogP contribution >= 0.6 is 11.3 Å². The van der Waals surface area contributed by atoms with E-state index in [-0.39, 0.29) is 6.04 Å². The third-order valence-corrected chi connectivity index (χ3v) is 4.95. The second kappa shape index (κ2) is 5.08. The van der Waals surface area contributed by atoms with E-state index in [9.17, 15) is 0 Å². The largest absolute Gasteiger partial charge is 0.459 e. The summed E-state index contributed by atoms with van der Waals surface area (Å²) in [6.45, 7) is 6.43. The lowest BCUT2D eigenvalue weighted by atomic mass is 10.1. The van der Waals surface area contributed by atoms with Gasteiger partial charge in [-0.1, -0.05) is 11.6 Å². The molecule has 3 aromatic rings. The Balaban J connectivity index is 2.06. The molecule has 0 aliphatic carbocycles. The summed E-state index contributed by atoms with van der Waals surface area (Å²) in [6.07, 6.45) is 0. The van der Waals surface area contributed by atoms with Crippen molar-refractivity contribution in [1.29, 1.82) is 0 Å². The summed E-state index contributed by atoms with van der Waals surface area (Å²) in [6, 6.07) is 10.8. The number of rotatable bonds is 3. The van der Waals surface area contributed by atoms with Crippen LogP contribution in [0, 0.1) is 20.8 Å². The zero-order chi connectivity index (χ0) is 14.3. The second-order valence-electron chi connectivity index (χ2n) is 5.30. The van der Waals surface area contributed by atoms with Gasteiger partial charge in [0.2, 0.25) is 0 Å². The predicted molar refractivity (Wildman–Crippen MR) is 85.6 cm³/mol. The molecule has 0 aliphatic rings. The minimum atomic E-state index is 0.125. The fourth-order valence-corrected chi connectivity index (χ4v) is 3.66. The van der Waals surface area contributed by atoms with Crippen LogP contribution in [0.2, 0.25) is 0 Å². The molecule has 1 N–H and O–H groups in total. The highest BCUT2D eigenvalue weighted by Crippen LogP contribution is 2.33. The highest BCUT2D eigenvalue weighted by molar-refractivity contribution is 7.12. The molecule has 2 nitrogen and oxygen atoms in total. The van der Waals surface area contributed by atoms with Gasteiger partial charge in [-0.25, -0.2) is 0 Å². The maximum absolute atomic E-state index is 6.02. The maximum atomic E-state index is 6.02. The van der Waals surface area contributed by atoms with Crippen molar-refractivity contribution < 1.29 is 4.42 Å². The first-order valence-corrected chi connectivity index (χ1v) is 7.64. The number of nitrogens with one attached hydrogen (secondary N) is 1. The van der Waals surface area contributed by atoms with E-state index < -0.39 is 0 Å². The molecule has 1 unspecified atom stereocenters. The summed E-state index contributed by atoms with van der Waals surface area (Å²) in [4.78, 5) is 2.67. The lowest BCUT2D eigenvalue weighted by molar-refractivity contribution is 0.495. The first-order chi connectivity index (χ1) is 9.58. The molecule has 0 amide bonds. The Bertz CT molecular complexity index is 734. The van der Waals surface area contributed by atoms with Crippen LogP contribution in [0.1, 0.15) is 32.7 Å². The van der Waals surface area contributed by atoms with E-state index in [4.69, 9.17) is 4.42 Å².